The molecule has 0 amide bonds. The zero-order valence-corrected chi connectivity index (χ0v) is 10.2. The van der Waals surface area contributed by atoms with Crippen LogP contribution in [-0.4, -0.2) is 12.6 Å². The van der Waals surface area contributed by atoms with E-state index in [-0.39, 0.29) is 12.2 Å². The van der Waals surface area contributed by atoms with Gasteiger partial charge in [-0.2, -0.15) is 0 Å². The van der Waals surface area contributed by atoms with Crippen molar-refractivity contribution in [3.63, 3.8) is 0 Å². The molecule has 0 aliphatic heterocycles. The highest BCUT2D eigenvalue weighted by Crippen LogP contribution is 2.13. The van der Waals surface area contributed by atoms with Crippen LogP contribution >= 0.6 is 0 Å². The minimum atomic E-state index is -0.400. The normalized spacial score (nSPS) is 10.8. The van der Waals surface area contributed by atoms with Crippen molar-refractivity contribution in [2.75, 3.05) is 6.61 Å². The molecule has 2 nitrogen and oxygen atoms in total. The summed E-state index contributed by atoms with van der Waals surface area (Å²) in [5.74, 6) is -0.769. The number of rotatable bonds is 5. The average Bonchev–Trinajstić information content (AvgIpc) is 2.30. The van der Waals surface area contributed by atoms with Crippen molar-refractivity contribution in [3.8, 4) is 0 Å². The Morgan fingerprint density at radius 1 is 1.41 bits per heavy atom. The number of hydrogen-bond acceptors (Lipinski definition) is 2. The second-order valence-corrected chi connectivity index (χ2v) is 3.64. The van der Waals surface area contributed by atoms with Gasteiger partial charge in [0, 0.05) is 0 Å². The first-order chi connectivity index (χ1) is 8.17. The van der Waals surface area contributed by atoms with Crippen LogP contribution in [0.1, 0.15) is 31.4 Å². The number of benzene rings is 1. The lowest BCUT2D eigenvalue weighted by molar-refractivity contribution is -0.142. The van der Waals surface area contributed by atoms with Crippen molar-refractivity contribution in [1.82, 2.24) is 0 Å². The van der Waals surface area contributed by atoms with E-state index in [4.69, 9.17) is 4.74 Å². The summed E-state index contributed by atoms with van der Waals surface area (Å²) in [7, 11) is 0. The van der Waals surface area contributed by atoms with Crippen molar-refractivity contribution in [3.05, 3.63) is 41.2 Å². The van der Waals surface area contributed by atoms with Gasteiger partial charge in [0.25, 0.3) is 0 Å². The molecule has 1 aromatic rings. The highest BCUT2D eigenvalue weighted by Gasteiger charge is 2.09. The highest BCUT2D eigenvalue weighted by atomic mass is 19.1. The summed E-state index contributed by atoms with van der Waals surface area (Å²) in [5, 5.41) is 0. The molecule has 0 saturated heterocycles. The van der Waals surface area contributed by atoms with Gasteiger partial charge in [-0.1, -0.05) is 25.1 Å². The van der Waals surface area contributed by atoms with E-state index in [0.717, 1.165) is 12.0 Å². The number of ether oxygens (including phenoxy) is 1. The summed E-state index contributed by atoms with van der Waals surface area (Å²) >= 11 is 0. The van der Waals surface area contributed by atoms with Crippen molar-refractivity contribution in [1.29, 1.82) is 0 Å². The molecule has 0 N–H and O–H groups in total. The Hall–Kier alpha value is -1.64. The molecule has 0 radical (unpaired) electrons. The number of carbonyl (C=O) groups is 1. The Kier molecular flexibility index (Phi) is 5.40. The monoisotopic (exact) mass is 236 g/mol. The van der Waals surface area contributed by atoms with Gasteiger partial charge in [-0.05, 0) is 36.6 Å². The van der Waals surface area contributed by atoms with Crippen LogP contribution in [0.4, 0.5) is 4.39 Å². The van der Waals surface area contributed by atoms with Crippen LogP contribution in [0.15, 0.2) is 24.3 Å². The second-order valence-electron chi connectivity index (χ2n) is 3.64. The lowest BCUT2D eigenvalue weighted by Crippen LogP contribution is -2.08. The topological polar surface area (TPSA) is 26.3 Å². The summed E-state index contributed by atoms with van der Waals surface area (Å²) in [6.45, 7) is 4.07. The summed E-state index contributed by atoms with van der Waals surface area (Å²) in [4.78, 5) is 11.3. The fourth-order valence-electron chi connectivity index (χ4n) is 1.46. The van der Waals surface area contributed by atoms with E-state index in [9.17, 15) is 9.18 Å². The molecule has 0 aliphatic rings. The SMILES string of the molecule is CC/C=C/c1ccc(F)c(CC(=O)OCC)c1. The number of allylic oxidation sites excluding steroid dienone is 1. The number of halogens is 1. The van der Waals surface area contributed by atoms with Crippen LogP contribution in [0.25, 0.3) is 6.08 Å². The van der Waals surface area contributed by atoms with Crippen LogP contribution < -0.4 is 0 Å². The van der Waals surface area contributed by atoms with Crippen molar-refractivity contribution in [2.24, 2.45) is 0 Å². The zero-order valence-electron chi connectivity index (χ0n) is 10.2. The molecule has 0 fully saturated rings. The van der Waals surface area contributed by atoms with Gasteiger partial charge in [0.15, 0.2) is 0 Å². The summed E-state index contributed by atoms with van der Waals surface area (Å²) < 4.78 is 18.3. The first-order valence-corrected chi connectivity index (χ1v) is 5.78. The van der Waals surface area contributed by atoms with Crippen LogP contribution in [0.2, 0.25) is 0 Å². The quantitative estimate of drug-likeness (QED) is 0.733. The van der Waals surface area contributed by atoms with Crippen molar-refractivity contribution >= 4 is 12.0 Å². The highest BCUT2D eigenvalue weighted by molar-refractivity contribution is 5.73. The Bertz CT molecular complexity index is 411. The Labute approximate surface area is 101 Å². The van der Waals surface area contributed by atoms with Gasteiger partial charge in [-0.3, -0.25) is 4.79 Å². The van der Waals surface area contributed by atoms with Crippen LogP contribution in [-0.2, 0) is 16.0 Å². The first kappa shape index (κ1) is 13.4. The number of carbonyl (C=O) groups excluding carboxylic acids is 1. The maximum atomic E-state index is 13.5. The van der Waals surface area contributed by atoms with E-state index in [0.29, 0.717) is 12.2 Å². The van der Waals surface area contributed by atoms with Gasteiger partial charge in [-0.15, -0.1) is 0 Å². The molecule has 92 valence electrons. The molecule has 0 bridgehead atoms. The third kappa shape index (κ3) is 4.39. The minimum Gasteiger partial charge on any atom is -0.466 e. The molecule has 3 heteroatoms. The van der Waals surface area contributed by atoms with Gasteiger partial charge in [0.2, 0.25) is 0 Å². The lowest BCUT2D eigenvalue weighted by atomic mass is 10.1. The molecule has 1 aromatic carbocycles. The fourth-order valence-corrected chi connectivity index (χ4v) is 1.46. The molecule has 17 heavy (non-hydrogen) atoms. The van der Waals surface area contributed by atoms with Gasteiger partial charge >= 0.3 is 5.97 Å². The Balaban J connectivity index is 2.83. The van der Waals surface area contributed by atoms with Gasteiger partial charge in [0.05, 0.1) is 13.0 Å². The molecule has 0 spiro atoms. The van der Waals surface area contributed by atoms with E-state index in [2.05, 4.69) is 0 Å². The molecule has 0 aliphatic carbocycles. The predicted molar refractivity (Wildman–Crippen MR) is 66.1 cm³/mol. The van der Waals surface area contributed by atoms with E-state index < -0.39 is 5.97 Å². The third-order valence-electron chi connectivity index (χ3n) is 2.26. The first-order valence-electron chi connectivity index (χ1n) is 5.78. The van der Waals surface area contributed by atoms with Crippen molar-refractivity contribution in [2.45, 2.75) is 26.7 Å². The third-order valence-corrected chi connectivity index (χ3v) is 2.26. The average molecular weight is 236 g/mol. The van der Waals surface area contributed by atoms with Gasteiger partial charge in [0.1, 0.15) is 5.82 Å². The molecule has 0 aromatic heterocycles. The van der Waals surface area contributed by atoms with Gasteiger partial charge < -0.3 is 4.74 Å². The molecule has 1 rings (SSSR count). The smallest absolute Gasteiger partial charge is 0.310 e. The second kappa shape index (κ2) is 6.84. The van der Waals surface area contributed by atoms with Crippen LogP contribution in [0.3, 0.4) is 0 Å². The van der Waals surface area contributed by atoms with Crippen LogP contribution in [0.5, 0.6) is 0 Å². The maximum absolute atomic E-state index is 13.5. The lowest BCUT2D eigenvalue weighted by Gasteiger charge is -2.04. The Morgan fingerprint density at radius 2 is 2.18 bits per heavy atom. The summed E-state index contributed by atoms with van der Waals surface area (Å²) in [5.41, 5.74) is 1.27. The summed E-state index contributed by atoms with van der Waals surface area (Å²) in [6.07, 6.45) is 4.80. The summed E-state index contributed by atoms with van der Waals surface area (Å²) in [6, 6.07) is 4.75. The van der Waals surface area contributed by atoms with Crippen LogP contribution in [0, 0.1) is 5.82 Å². The Morgan fingerprint density at radius 3 is 2.82 bits per heavy atom. The minimum absolute atomic E-state index is 0.0204. The number of hydrogen-bond donors (Lipinski definition) is 0. The molecular weight excluding hydrogens is 219 g/mol. The standard InChI is InChI=1S/C14H17FO2/c1-3-5-6-11-7-8-13(15)12(9-11)10-14(16)17-4-2/h5-9H,3-4,10H2,1-2H3/b6-5+. The van der Waals surface area contributed by atoms with E-state index in [1.807, 2.05) is 19.1 Å². The number of esters is 1. The van der Waals surface area contributed by atoms with E-state index in [1.54, 1.807) is 19.1 Å². The molecular formula is C14H17FO2. The fraction of sp³-hybridized carbons (Fsp3) is 0.357. The molecule has 0 heterocycles. The maximum Gasteiger partial charge on any atom is 0.310 e. The largest absolute Gasteiger partial charge is 0.466 e. The zero-order chi connectivity index (χ0) is 12.7. The van der Waals surface area contributed by atoms with Crippen molar-refractivity contribution < 1.29 is 13.9 Å². The molecule has 0 atom stereocenters. The van der Waals surface area contributed by atoms with E-state index in [1.165, 1.54) is 6.07 Å². The molecule has 0 unspecified atom stereocenters. The molecule has 0 saturated carbocycles. The predicted octanol–water partition coefficient (Wildman–Crippen LogP) is 3.35. The van der Waals surface area contributed by atoms with E-state index >= 15 is 0 Å². The van der Waals surface area contributed by atoms with Gasteiger partial charge in [-0.25, -0.2) is 4.39 Å².